The number of H-pyrrole nitrogens is 1. The number of hydrogen-bond donors (Lipinski definition) is 2. The van der Waals surface area contributed by atoms with Gasteiger partial charge in [-0.2, -0.15) is 10.1 Å². The maximum Gasteiger partial charge on any atom is 0.261 e. The molecule has 2 heterocycles. The quantitative estimate of drug-likeness (QED) is 0.775. The van der Waals surface area contributed by atoms with Crippen molar-refractivity contribution in [2.45, 2.75) is 24.8 Å². The summed E-state index contributed by atoms with van der Waals surface area (Å²) in [7, 11) is 0. The van der Waals surface area contributed by atoms with Crippen molar-refractivity contribution in [3.8, 4) is 22.7 Å². The van der Waals surface area contributed by atoms with E-state index in [9.17, 15) is 4.39 Å². The Bertz CT molecular complexity index is 821. The predicted octanol–water partition coefficient (Wildman–Crippen LogP) is 2.60. The van der Waals surface area contributed by atoms with Crippen LogP contribution in [0.3, 0.4) is 0 Å². The molecule has 6 nitrogen and oxygen atoms in total. The van der Waals surface area contributed by atoms with Gasteiger partial charge in [0.25, 0.3) is 5.89 Å². The van der Waals surface area contributed by atoms with Crippen molar-refractivity contribution in [1.82, 2.24) is 20.3 Å². The van der Waals surface area contributed by atoms with Crippen LogP contribution in [0.4, 0.5) is 4.39 Å². The zero-order valence-electron chi connectivity index (χ0n) is 11.7. The first-order valence-corrected chi connectivity index (χ1v) is 7.09. The van der Waals surface area contributed by atoms with Crippen LogP contribution in [0.5, 0.6) is 0 Å². The van der Waals surface area contributed by atoms with Gasteiger partial charge in [0.1, 0.15) is 5.82 Å². The van der Waals surface area contributed by atoms with Crippen LogP contribution in [-0.4, -0.2) is 20.3 Å². The Kier molecular flexibility index (Phi) is 2.83. The van der Waals surface area contributed by atoms with E-state index in [1.807, 2.05) is 0 Å². The number of aromatic amines is 1. The Labute approximate surface area is 125 Å². The highest BCUT2D eigenvalue weighted by Gasteiger charge is 2.39. The first-order valence-electron chi connectivity index (χ1n) is 7.09. The van der Waals surface area contributed by atoms with Gasteiger partial charge in [-0.15, -0.1) is 0 Å². The van der Waals surface area contributed by atoms with Gasteiger partial charge in [-0.25, -0.2) is 4.39 Å². The predicted molar refractivity (Wildman–Crippen MR) is 77.0 cm³/mol. The number of nitrogens with zero attached hydrogens (tertiary/aromatic N) is 3. The topological polar surface area (TPSA) is 93.6 Å². The Morgan fingerprint density at radius 1 is 1.23 bits per heavy atom. The summed E-state index contributed by atoms with van der Waals surface area (Å²) in [5.74, 6) is 0.440. The van der Waals surface area contributed by atoms with Crippen LogP contribution in [0.15, 0.2) is 35.0 Å². The fourth-order valence-corrected chi connectivity index (χ4v) is 2.63. The van der Waals surface area contributed by atoms with E-state index < -0.39 is 5.54 Å². The Balaban J connectivity index is 1.76. The van der Waals surface area contributed by atoms with Crippen molar-refractivity contribution in [3.05, 3.63) is 42.1 Å². The number of hydrogen-bond acceptors (Lipinski definition) is 5. The van der Waals surface area contributed by atoms with Crippen LogP contribution in [-0.2, 0) is 5.54 Å². The molecule has 7 heteroatoms. The lowest BCUT2D eigenvalue weighted by Gasteiger charge is -2.34. The van der Waals surface area contributed by atoms with Crippen LogP contribution in [0.25, 0.3) is 22.7 Å². The fraction of sp³-hybridized carbons (Fsp3) is 0.267. The van der Waals surface area contributed by atoms with Crippen LogP contribution < -0.4 is 5.73 Å². The van der Waals surface area contributed by atoms with E-state index in [1.165, 1.54) is 6.07 Å². The van der Waals surface area contributed by atoms with Crippen molar-refractivity contribution < 1.29 is 8.91 Å². The molecule has 0 bridgehead atoms. The molecule has 0 amide bonds. The molecule has 1 saturated carbocycles. The molecule has 112 valence electrons. The van der Waals surface area contributed by atoms with Crippen LogP contribution in [0.1, 0.15) is 25.1 Å². The first-order chi connectivity index (χ1) is 10.7. The normalized spacial score (nSPS) is 16.5. The monoisotopic (exact) mass is 299 g/mol. The van der Waals surface area contributed by atoms with Gasteiger partial charge in [0.15, 0.2) is 5.82 Å². The van der Waals surface area contributed by atoms with E-state index >= 15 is 0 Å². The van der Waals surface area contributed by atoms with E-state index in [1.54, 1.807) is 24.4 Å². The number of halogens is 1. The minimum atomic E-state index is -0.496. The fourth-order valence-electron chi connectivity index (χ4n) is 2.63. The summed E-state index contributed by atoms with van der Waals surface area (Å²) in [6.45, 7) is 0. The van der Waals surface area contributed by atoms with Crippen molar-refractivity contribution in [2.24, 2.45) is 5.73 Å². The van der Waals surface area contributed by atoms with Gasteiger partial charge in [-0.1, -0.05) is 17.3 Å². The smallest absolute Gasteiger partial charge is 0.261 e. The van der Waals surface area contributed by atoms with E-state index in [-0.39, 0.29) is 5.82 Å². The minimum absolute atomic E-state index is 0.290. The molecule has 1 aromatic carbocycles. The molecule has 0 unspecified atom stereocenters. The maximum absolute atomic E-state index is 14.0. The molecule has 3 N–H and O–H groups in total. The van der Waals surface area contributed by atoms with E-state index in [0.29, 0.717) is 28.5 Å². The molecule has 3 aromatic rings. The highest BCUT2D eigenvalue weighted by atomic mass is 19.1. The molecule has 0 saturated heterocycles. The second-order valence-corrected chi connectivity index (χ2v) is 5.57. The zero-order chi connectivity index (χ0) is 15.2. The molecular weight excluding hydrogens is 285 g/mol. The number of aromatic nitrogens is 4. The molecule has 22 heavy (non-hydrogen) atoms. The summed E-state index contributed by atoms with van der Waals surface area (Å²) < 4.78 is 19.3. The number of benzene rings is 1. The second kappa shape index (κ2) is 4.74. The lowest BCUT2D eigenvalue weighted by Crippen LogP contribution is -2.44. The summed E-state index contributed by atoms with van der Waals surface area (Å²) in [4.78, 5) is 4.38. The number of nitrogens with one attached hydrogen (secondary N) is 1. The Morgan fingerprint density at radius 3 is 2.77 bits per heavy atom. The second-order valence-electron chi connectivity index (χ2n) is 5.57. The molecule has 0 radical (unpaired) electrons. The molecule has 1 aliphatic carbocycles. The number of rotatable bonds is 3. The lowest BCUT2D eigenvalue weighted by molar-refractivity contribution is 0.229. The van der Waals surface area contributed by atoms with Crippen molar-refractivity contribution in [3.63, 3.8) is 0 Å². The van der Waals surface area contributed by atoms with E-state index in [4.69, 9.17) is 10.3 Å². The number of nitrogens with two attached hydrogens (primary N) is 1. The summed E-state index contributed by atoms with van der Waals surface area (Å²) in [5, 5.41) is 10.7. The van der Waals surface area contributed by atoms with Gasteiger partial charge >= 0.3 is 0 Å². The van der Waals surface area contributed by atoms with Gasteiger partial charge < -0.3 is 10.3 Å². The van der Waals surface area contributed by atoms with Crippen LogP contribution in [0.2, 0.25) is 0 Å². The molecule has 4 rings (SSSR count). The lowest BCUT2D eigenvalue weighted by atomic mass is 9.77. The molecule has 0 spiro atoms. The van der Waals surface area contributed by atoms with Crippen molar-refractivity contribution in [2.75, 3.05) is 0 Å². The Hall–Kier alpha value is -2.54. The molecule has 1 fully saturated rings. The van der Waals surface area contributed by atoms with E-state index in [0.717, 1.165) is 19.3 Å². The summed E-state index contributed by atoms with van der Waals surface area (Å²) in [6, 6.07) is 6.45. The molecule has 0 aliphatic heterocycles. The van der Waals surface area contributed by atoms with Crippen LogP contribution in [0, 0.1) is 5.82 Å². The summed E-state index contributed by atoms with van der Waals surface area (Å²) in [6.07, 6.45) is 4.30. The maximum atomic E-state index is 14.0. The Morgan fingerprint density at radius 2 is 2.05 bits per heavy atom. The van der Waals surface area contributed by atoms with Gasteiger partial charge in [0.05, 0.1) is 23.0 Å². The standard InChI is InChI=1S/C15H14FN5O/c16-11-5-2-1-4-9(11)12-10(8-18-20-12)13-19-14(21-22-13)15(17)6-3-7-15/h1-2,4-5,8H,3,6-7,17H2,(H,18,20). The molecule has 1 aliphatic rings. The van der Waals surface area contributed by atoms with Gasteiger partial charge in [0.2, 0.25) is 0 Å². The highest BCUT2D eigenvalue weighted by molar-refractivity contribution is 5.76. The summed E-state index contributed by atoms with van der Waals surface area (Å²) >= 11 is 0. The van der Waals surface area contributed by atoms with E-state index in [2.05, 4.69) is 20.3 Å². The van der Waals surface area contributed by atoms with Crippen LogP contribution >= 0.6 is 0 Å². The van der Waals surface area contributed by atoms with Gasteiger partial charge in [-0.05, 0) is 31.4 Å². The third-order valence-electron chi connectivity index (χ3n) is 4.13. The SMILES string of the molecule is NC1(c2noc(-c3cn[nH]c3-c3ccccc3F)n2)CCC1. The molecular formula is C15H14FN5O. The van der Waals surface area contributed by atoms with Gasteiger partial charge in [-0.3, -0.25) is 5.10 Å². The minimum Gasteiger partial charge on any atom is -0.334 e. The molecule has 2 aromatic heterocycles. The summed E-state index contributed by atoms with van der Waals surface area (Å²) in [5.41, 5.74) is 7.17. The zero-order valence-corrected chi connectivity index (χ0v) is 11.7. The largest absolute Gasteiger partial charge is 0.334 e. The van der Waals surface area contributed by atoms with Gasteiger partial charge in [0, 0.05) is 5.56 Å². The van der Waals surface area contributed by atoms with Crippen molar-refractivity contribution >= 4 is 0 Å². The molecule has 0 atom stereocenters. The average molecular weight is 299 g/mol. The first kappa shape index (κ1) is 13.1. The third kappa shape index (κ3) is 1.93. The average Bonchev–Trinajstić information content (AvgIpc) is 3.14. The highest BCUT2D eigenvalue weighted by Crippen LogP contribution is 2.38. The third-order valence-corrected chi connectivity index (χ3v) is 4.13. The van der Waals surface area contributed by atoms with Crippen molar-refractivity contribution in [1.29, 1.82) is 0 Å².